The third-order valence-corrected chi connectivity index (χ3v) is 5.23. The van der Waals surface area contributed by atoms with Crippen molar-refractivity contribution in [2.45, 2.75) is 62.7 Å². The van der Waals surface area contributed by atoms with Crippen LogP contribution in [0.25, 0.3) is 0 Å². The molecule has 0 aromatic rings. The third-order valence-electron chi connectivity index (χ3n) is 4.58. The first kappa shape index (κ1) is 31.6. The summed E-state index contributed by atoms with van der Waals surface area (Å²) >= 11 is 1.44. The van der Waals surface area contributed by atoms with Crippen molar-refractivity contribution in [2.75, 3.05) is 12.0 Å². The van der Waals surface area contributed by atoms with Crippen LogP contribution in [0.15, 0.2) is 0 Å². The number of hydrogen-bond donors (Lipinski definition) is 8. The minimum atomic E-state index is -1.55. The van der Waals surface area contributed by atoms with Gasteiger partial charge in [-0.05, 0) is 31.3 Å². The van der Waals surface area contributed by atoms with Crippen LogP contribution in [0, 0.1) is 0 Å². The van der Waals surface area contributed by atoms with E-state index in [1.165, 1.54) is 11.8 Å². The third kappa shape index (κ3) is 13.8. The lowest BCUT2D eigenvalue weighted by atomic mass is 10.1. The summed E-state index contributed by atoms with van der Waals surface area (Å²) in [5, 5.41) is 24.8. The van der Waals surface area contributed by atoms with Crippen molar-refractivity contribution in [2.24, 2.45) is 17.2 Å². The summed E-state index contributed by atoms with van der Waals surface area (Å²) in [6, 6.07) is -5.61. The molecule has 0 bridgehead atoms. The Balaban J connectivity index is 5.56. The van der Waals surface area contributed by atoms with Gasteiger partial charge in [0.25, 0.3) is 0 Å². The number of thioether (sulfide) groups is 1. The molecule has 0 saturated heterocycles. The number of carboxylic acid groups (broad SMARTS) is 2. The van der Waals surface area contributed by atoms with Crippen molar-refractivity contribution in [3.8, 4) is 0 Å². The maximum absolute atomic E-state index is 12.8. The molecule has 0 aliphatic rings. The second-order valence-electron chi connectivity index (χ2n) is 7.52. The molecule has 0 rings (SSSR count). The minimum absolute atomic E-state index is 0.281. The van der Waals surface area contributed by atoms with Gasteiger partial charge in [0.15, 0.2) is 0 Å². The average molecular weight is 521 g/mol. The summed E-state index contributed by atoms with van der Waals surface area (Å²) in [7, 11) is 0. The molecule has 35 heavy (non-hydrogen) atoms. The van der Waals surface area contributed by atoms with Gasteiger partial charge in [-0.3, -0.25) is 28.8 Å². The molecule has 4 atom stereocenters. The molecule has 0 aliphatic carbocycles. The number of hydrogen-bond acceptors (Lipinski definition) is 9. The van der Waals surface area contributed by atoms with Gasteiger partial charge in [0, 0.05) is 12.8 Å². The lowest BCUT2D eigenvalue weighted by molar-refractivity contribution is -0.143. The second-order valence-corrected chi connectivity index (χ2v) is 8.50. The van der Waals surface area contributed by atoms with Gasteiger partial charge < -0.3 is 43.4 Å². The molecule has 16 heteroatoms. The zero-order valence-electron chi connectivity index (χ0n) is 19.2. The molecule has 0 aliphatic heterocycles. The number of amides is 5. The summed E-state index contributed by atoms with van der Waals surface area (Å²) in [5.41, 5.74) is 15.9. The Morgan fingerprint density at radius 1 is 0.743 bits per heavy atom. The van der Waals surface area contributed by atoms with E-state index in [9.17, 15) is 38.7 Å². The van der Waals surface area contributed by atoms with Crippen LogP contribution in [0.3, 0.4) is 0 Å². The molecule has 0 saturated carbocycles. The van der Waals surface area contributed by atoms with Crippen LogP contribution in [0.2, 0.25) is 0 Å². The lowest BCUT2D eigenvalue weighted by Gasteiger charge is -2.24. The largest absolute Gasteiger partial charge is 0.481 e. The van der Waals surface area contributed by atoms with Gasteiger partial charge in [-0.2, -0.15) is 11.8 Å². The van der Waals surface area contributed by atoms with Gasteiger partial charge in [0.05, 0.1) is 12.5 Å². The van der Waals surface area contributed by atoms with E-state index in [-0.39, 0.29) is 19.3 Å². The van der Waals surface area contributed by atoms with Gasteiger partial charge >= 0.3 is 11.9 Å². The highest BCUT2D eigenvalue weighted by Crippen LogP contribution is 2.05. The van der Waals surface area contributed by atoms with Gasteiger partial charge in [-0.1, -0.05) is 0 Å². The highest BCUT2D eigenvalue weighted by atomic mass is 32.2. The first-order valence-electron chi connectivity index (χ1n) is 10.4. The maximum Gasteiger partial charge on any atom is 0.326 e. The standard InChI is InChI=1S/C19H32N6O9S/c1-35-7-6-9(20)16(30)25-12(8-14(22)27)18(32)23-10(3-5-15(28)29)17(31)24-11(19(33)34)2-4-13(21)26/h9-12H,2-8,20H2,1H3,(H2,21,26)(H2,22,27)(H,23,32)(H,24,31)(H,25,30)(H,28,29)(H,33,34). The van der Waals surface area contributed by atoms with Crippen molar-refractivity contribution < 1.29 is 43.8 Å². The fraction of sp³-hybridized carbons (Fsp3) is 0.632. The van der Waals surface area contributed by atoms with Gasteiger partial charge in [-0.15, -0.1) is 0 Å². The Morgan fingerprint density at radius 2 is 1.26 bits per heavy atom. The van der Waals surface area contributed by atoms with Crippen LogP contribution in [0.5, 0.6) is 0 Å². The van der Waals surface area contributed by atoms with Crippen LogP contribution in [-0.4, -0.2) is 87.9 Å². The number of primary amides is 2. The summed E-state index contributed by atoms with van der Waals surface area (Å²) in [6.07, 6.45) is -0.278. The molecule has 0 aromatic carbocycles. The number of rotatable bonds is 18. The van der Waals surface area contributed by atoms with Gasteiger partial charge in [-0.25, -0.2) is 4.79 Å². The van der Waals surface area contributed by atoms with E-state index in [0.717, 1.165) is 0 Å². The van der Waals surface area contributed by atoms with Crippen molar-refractivity contribution in [1.29, 1.82) is 0 Å². The number of aliphatic carboxylic acids is 2. The molecule has 4 unspecified atom stereocenters. The quantitative estimate of drug-likeness (QED) is 0.0882. The summed E-state index contributed by atoms with van der Waals surface area (Å²) < 4.78 is 0. The average Bonchev–Trinajstić information content (AvgIpc) is 2.75. The predicted molar refractivity (Wildman–Crippen MR) is 124 cm³/mol. The van der Waals surface area contributed by atoms with Crippen molar-refractivity contribution >= 4 is 53.2 Å². The van der Waals surface area contributed by atoms with E-state index < -0.39 is 84.9 Å². The number of nitrogens with two attached hydrogens (primary N) is 3. The minimum Gasteiger partial charge on any atom is -0.481 e. The second kappa shape index (κ2) is 16.3. The molecule has 0 spiro atoms. The van der Waals surface area contributed by atoms with E-state index in [0.29, 0.717) is 5.75 Å². The van der Waals surface area contributed by atoms with Gasteiger partial charge in [0.2, 0.25) is 29.5 Å². The molecule has 0 aromatic heterocycles. The zero-order chi connectivity index (χ0) is 27.1. The number of carboxylic acids is 2. The topological polar surface area (TPSA) is 274 Å². The Kier molecular flexibility index (Phi) is 14.7. The maximum atomic E-state index is 12.8. The van der Waals surface area contributed by atoms with Crippen LogP contribution < -0.4 is 33.2 Å². The Labute approximate surface area is 205 Å². The fourth-order valence-electron chi connectivity index (χ4n) is 2.69. The van der Waals surface area contributed by atoms with Crippen LogP contribution in [-0.2, 0) is 33.6 Å². The molecule has 0 fully saturated rings. The normalized spacial score (nSPS) is 14.0. The molecular formula is C19H32N6O9S. The fourth-order valence-corrected chi connectivity index (χ4v) is 3.18. The number of carbonyl (C=O) groups excluding carboxylic acids is 5. The summed E-state index contributed by atoms with van der Waals surface area (Å²) in [4.78, 5) is 82.4. The number of nitrogens with one attached hydrogen (secondary N) is 3. The molecule has 0 heterocycles. The van der Waals surface area contributed by atoms with Crippen molar-refractivity contribution in [3.63, 3.8) is 0 Å². The highest BCUT2D eigenvalue weighted by molar-refractivity contribution is 7.98. The molecule has 15 nitrogen and oxygen atoms in total. The SMILES string of the molecule is CSCCC(N)C(=O)NC(CC(N)=O)C(=O)NC(CCC(=O)O)C(=O)NC(CCC(N)=O)C(=O)O. The zero-order valence-corrected chi connectivity index (χ0v) is 20.0. The van der Waals surface area contributed by atoms with Crippen LogP contribution in [0.1, 0.15) is 38.5 Å². The lowest BCUT2D eigenvalue weighted by Crippen LogP contribution is -2.57. The molecule has 5 amide bonds. The number of carbonyl (C=O) groups is 7. The first-order chi connectivity index (χ1) is 16.3. The van der Waals surface area contributed by atoms with E-state index in [1.807, 2.05) is 0 Å². The van der Waals surface area contributed by atoms with Crippen molar-refractivity contribution in [3.05, 3.63) is 0 Å². The van der Waals surface area contributed by atoms with Crippen LogP contribution >= 0.6 is 11.8 Å². The van der Waals surface area contributed by atoms with E-state index in [1.54, 1.807) is 6.26 Å². The molecule has 198 valence electrons. The van der Waals surface area contributed by atoms with E-state index in [2.05, 4.69) is 16.0 Å². The molecular weight excluding hydrogens is 488 g/mol. The Hall–Kier alpha value is -3.40. The van der Waals surface area contributed by atoms with E-state index >= 15 is 0 Å². The van der Waals surface area contributed by atoms with Crippen molar-refractivity contribution in [1.82, 2.24) is 16.0 Å². The smallest absolute Gasteiger partial charge is 0.326 e. The highest BCUT2D eigenvalue weighted by Gasteiger charge is 2.31. The Bertz CT molecular complexity index is 810. The summed E-state index contributed by atoms with van der Waals surface area (Å²) in [5.74, 6) is -6.83. The first-order valence-corrected chi connectivity index (χ1v) is 11.8. The Morgan fingerprint density at radius 3 is 1.74 bits per heavy atom. The van der Waals surface area contributed by atoms with Gasteiger partial charge in [0.1, 0.15) is 18.1 Å². The monoisotopic (exact) mass is 520 g/mol. The molecule has 0 radical (unpaired) electrons. The van der Waals surface area contributed by atoms with Crippen LogP contribution in [0.4, 0.5) is 0 Å². The summed E-state index contributed by atoms with van der Waals surface area (Å²) in [6.45, 7) is 0. The van der Waals surface area contributed by atoms with E-state index in [4.69, 9.17) is 22.3 Å². The predicted octanol–water partition coefficient (Wildman–Crippen LogP) is -3.39. The molecule has 11 N–H and O–H groups in total.